The van der Waals surface area contributed by atoms with E-state index < -0.39 is 23.5 Å². The van der Waals surface area contributed by atoms with Crippen molar-refractivity contribution in [3.8, 4) is 11.5 Å². The maximum absolute atomic E-state index is 13.7. The number of amides is 1. The SMILES string of the molecule is O=C(C1=C(O)C(=O)N(c2ccc3c(c2)OCO3)C1c1ccc(Cl)cc1)c1cc2cc(Cl)ccc2o1. The molecule has 1 amide bonds. The first kappa shape index (κ1) is 21.6. The van der Waals surface area contributed by atoms with Gasteiger partial charge < -0.3 is 19.0 Å². The lowest BCUT2D eigenvalue weighted by Gasteiger charge is -2.27. The molecule has 2 aliphatic heterocycles. The highest BCUT2D eigenvalue weighted by molar-refractivity contribution is 6.31. The van der Waals surface area contributed by atoms with E-state index in [0.717, 1.165) is 0 Å². The number of ether oxygens (including phenoxy) is 2. The molecule has 0 fully saturated rings. The van der Waals surface area contributed by atoms with Crippen LogP contribution in [0.15, 0.2) is 82.5 Å². The van der Waals surface area contributed by atoms with Crippen molar-refractivity contribution in [3.63, 3.8) is 0 Å². The molecule has 7 nitrogen and oxygen atoms in total. The topological polar surface area (TPSA) is 89.2 Å². The Morgan fingerprint density at radius 2 is 1.66 bits per heavy atom. The van der Waals surface area contributed by atoms with Gasteiger partial charge in [0.1, 0.15) is 5.58 Å². The van der Waals surface area contributed by atoms with Crippen LogP contribution in [0.1, 0.15) is 22.2 Å². The smallest absolute Gasteiger partial charge is 0.294 e. The summed E-state index contributed by atoms with van der Waals surface area (Å²) in [6, 6.07) is 17.2. The number of benzene rings is 3. The first-order valence-corrected chi connectivity index (χ1v) is 11.3. The fraction of sp³-hybridized carbons (Fsp3) is 0.0769. The number of aliphatic hydroxyl groups is 1. The Bertz CT molecular complexity index is 1560. The molecule has 0 aliphatic carbocycles. The first-order valence-electron chi connectivity index (χ1n) is 10.6. The fourth-order valence-electron chi connectivity index (χ4n) is 4.36. The molecule has 4 aromatic rings. The molecule has 1 aromatic heterocycles. The second kappa shape index (κ2) is 8.08. The molecule has 1 unspecified atom stereocenters. The molecule has 35 heavy (non-hydrogen) atoms. The molecule has 1 N–H and O–H groups in total. The number of ketones is 1. The number of halogens is 2. The van der Waals surface area contributed by atoms with Crippen LogP contribution in [0.4, 0.5) is 5.69 Å². The van der Waals surface area contributed by atoms with Crippen molar-refractivity contribution < 1.29 is 28.6 Å². The van der Waals surface area contributed by atoms with Gasteiger partial charge in [-0.25, -0.2) is 0 Å². The standard InChI is InChI=1S/C26H15Cl2NO6/c27-15-3-1-13(2-4-15)23-22(24(30)21-10-14-9-16(28)5-7-18(14)35-21)25(31)26(32)29(23)17-6-8-19-20(11-17)34-12-33-19/h1-11,23,31H,12H2. The third kappa shape index (κ3) is 3.51. The first-order chi connectivity index (χ1) is 16.9. The zero-order valence-electron chi connectivity index (χ0n) is 17.8. The highest BCUT2D eigenvalue weighted by atomic mass is 35.5. The normalized spacial score (nSPS) is 17.0. The molecule has 6 rings (SSSR count). The second-order valence-electron chi connectivity index (χ2n) is 8.05. The van der Waals surface area contributed by atoms with E-state index in [1.807, 2.05) is 0 Å². The molecule has 0 radical (unpaired) electrons. The van der Waals surface area contributed by atoms with E-state index in [0.29, 0.717) is 43.8 Å². The number of anilines is 1. The van der Waals surface area contributed by atoms with Gasteiger partial charge in [0.25, 0.3) is 5.91 Å². The average Bonchev–Trinajstić information content (AvgIpc) is 3.55. The Hall–Kier alpha value is -3.94. The average molecular weight is 508 g/mol. The van der Waals surface area contributed by atoms with E-state index >= 15 is 0 Å². The van der Waals surface area contributed by atoms with Crippen molar-refractivity contribution in [1.82, 2.24) is 0 Å². The van der Waals surface area contributed by atoms with Crippen LogP contribution in [0.2, 0.25) is 10.0 Å². The molecule has 174 valence electrons. The van der Waals surface area contributed by atoms with Gasteiger partial charge in [-0.05, 0) is 54.1 Å². The van der Waals surface area contributed by atoms with Crippen molar-refractivity contribution in [3.05, 3.63) is 99.4 Å². The largest absolute Gasteiger partial charge is 0.503 e. The van der Waals surface area contributed by atoms with Crippen LogP contribution in [-0.2, 0) is 4.79 Å². The van der Waals surface area contributed by atoms with Crippen LogP contribution in [-0.4, -0.2) is 23.6 Å². The summed E-state index contributed by atoms with van der Waals surface area (Å²) in [5.41, 5.74) is 1.34. The Morgan fingerprint density at radius 3 is 2.46 bits per heavy atom. The lowest BCUT2D eigenvalue weighted by molar-refractivity contribution is -0.117. The summed E-state index contributed by atoms with van der Waals surface area (Å²) in [5, 5.41) is 12.5. The molecule has 0 bridgehead atoms. The molecule has 9 heteroatoms. The van der Waals surface area contributed by atoms with Gasteiger partial charge in [-0.1, -0.05) is 35.3 Å². The van der Waals surface area contributed by atoms with Crippen LogP contribution in [0.25, 0.3) is 11.0 Å². The van der Waals surface area contributed by atoms with Gasteiger partial charge >= 0.3 is 0 Å². The Labute approximate surface area is 208 Å². The molecule has 0 saturated carbocycles. The predicted molar refractivity (Wildman–Crippen MR) is 129 cm³/mol. The van der Waals surface area contributed by atoms with Crippen LogP contribution < -0.4 is 14.4 Å². The van der Waals surface area contributed by atoms with Gasteiger partial charge in [0.05, 0.1) is 11.6 Å². The number of fused-ring (bicyclic) bond motifs is 2. The van der Waals surface area contributed by atoms with Crippen LogP contribution in [0.3, 0.4) is 0 Å². The summed E-state index contributed by atoms with van der Waals surface area (Å²) >= 11 is 12.1. The lowest BCUT2D eigenvalue weighted by Crippen LogP contribution is -2.31. The highest BCUT2D eigenvalue weighted by Crippen LogP contribution is 2.45. The van der Waals surface area contributed by atoms with Crippen molar-refractivity contribution in [1.29, 1.82) is 0 Å². The minimum Gasteiger partial charge on any atom is -0.503 e. The number of nitrogens with zero attached hydrogens (tertiary/aromatic N) is 1. The predicted octanol–water partition coefficient (Wildman–Crippen LogP) is 6.25. The summed E-state index contributed by atoms with van der Waals surface area (Å²) in [6.07, 6.45) is 0. The zero-order chi connectivity index (χ0) is 24.3. The van der Waals surface area contributed by atoms with E-state index in [-0.39, 0.29) is 18.1 Å². The van der Waals surface area contributed by atoms with Crippen molar-refractivity contribution in [2.24, 2.45) is 0 Å². The molecule has 0 spiro atoms. The van der Waals surface area contributed by atoms with E-state index in [2.05, 4.69) is 0 Å². The van der Waals surface area contributed by atoms with Gasteiger partial charge in [-0.15, -0.1) is 0 Å². The monoisotopic (exact) mass is 507 g/mol. The molecular formula is C26H15Cl2NO6. The summed E-state index contributed by atoms with van der Waals surface area (Å²) in [6.45, 7) is 0.0661. The minimum absolute atomic E-state index is 0.0249. The number of hydrogen-bond donors (Lipinski definition) is 1. The lowest BCUT2D eigenvalue weighted by atomic mass is 9.94. The van der Waals surface area contributed by atoms with Crippen molar-refractivity contribution in [2.45, 2.75) is 6.04 Å². The Balaban J connectivity index is 1.49. The van der Waals surface area contributed by atoms with Gasteiger partial charge in [-0.2, -0.15) is 0 Å². The molecule has 3 heterocycles. The van der Waals surface area contributed by atoms with Crippen molar-refractivity contribution in [2.75, 3.05) is 11.7 Å². The number of Topliss-reactive ketones (excluding diaryl/α,β-unsaturated/α-hetero) is 1. The van der Waals surface area contributed by atoms with Crippen LogP contribution in [0, 0.1) is 0 Å². The molecular weight excluding hydrogens is 493 g/mol. The summed E-state index contributed by atoms with van der Waals surface area (Å²) < 4.78 is 16.6. The minimum atomic E-state index is -0.940. The molecule has 0 saturated heterocycles. The maximum atomic E-state index is 13.7. The molecule has 1 atom stereocenters. The third-order valence-electron chi connectivity index (χ3n) is 5.97. The van der Waals surface area contributed by atoms with Gasteiger partial charge in [0.2, 0.25) is 12.6 Å². The molecule has 3 aromatic carbocycles. The molecule has 2 aliphatic rings. The summed E-state index contributed by atoms with van der Waals surface area (Å²) in [5.74, 6) is -1.04. The van der Waals surface area contributed by atoms with Crippen LogP contribution >= 0.6 is 23.2 Å². The Morgan fingerprint density at radius 1 is 0.914 bits per heavy atom. The summed E-state index contributed by atoms with van der Waals surface area (Å²) in [4.78, 5) is 28.4. The number of carbonyl (C=O) groups is 2. The van der Waals surface area contributed by atoms with E-state index in [4.69, 9.17) is 37.1 Å². The zero-order valence-corrected chi connectivity index (χ0v) is 19.3. The number of aliphatic hydroxyl groups excluding tert-OH is 1. The fourth-order valence-corrected chi connectivity index (χ4v) is 4.66. The van der Waals surface area contributed by atoms with E-state index in [1.165, 1.54) is 11.0 Å². The third-order valence-corrected chi connectivity index (χ3v) is 6.46. The second-order valence-corrected chi connectivity index (χ2v) is 8.92. The number of carbonyl (C=O) groups excluding carboxylic acids is 2. The maximum Gasteiger partial charge on any atom is 0.294 e. The number of rotatable bonds is 4. The van der Waals surface area contributed by atoms with Gasteiger partial charge in [0.15, 0.2) is 23.0 Å². The van der Waals surface area contributed by atoms with Gasteiger partial charge in [0, 0.05) is 27.2 Å². The Kier molecular flexibility index (Phi) is 4.98. The quantitative estimate of drug-likeness (QED) is 0.328. The van der Waals surface area contributed by atoms with Crippen molar-refractivity contribution >= 4 is 51.5 Å². The number of furan rings is 1. The summed E-state index contributed by atoms with van der Waals surface area (Å²) in [7, 11) is 0. The van der Waals surface area contributed by atoms with E-state index in [1.54, 1.807) is 60.7 Å². The van der Waals surface area contributed by atoms with Crippen LogP contribution in [0.5, 0.6) is 11.5 Å². The number of hydrogen-bond acceptors (Lipinski definition) is 6. The van der Waals surface area contributed by atoms with Gasteiger partial charge in [-0.3, -0.25) is 14.5 Å². The van der Waals surface area contributed by atoms with E-state index in [9.17, 15) is 14.7 Å². The highest BCUT2D eigenvalue weighted by Gasteiger charge is 2.45.